The van der Waals surface area contributed by atoms with Gasteiger partial charge in [-0.2, -0.15) is 0 Å². The van der Waals surface area contributed by atoms with Gasteiger partial charge in [0.25, 0.3) is 0 Å². The first-order chi connectivity index (χ1) is 11.8. The molecule has 4 rings (SSSR count). The molecule has 1 aromatic heterocycles. The van der Waals surface area contributed by atoms with Crippen molar-refractivity contribution in [3.8, 4) is 0 Å². The first-order valence-electron chi connectivity index (χ1n) is 8.72. The lowest BCUT2D eigenvalue weighted by Gasteiger charge is -2.29. The molecule has 0 spiro atoms. The number of benzene rings is 2. The summed E-state index contributed by atoms with van der Waals surface area (Å²) in [6.07, 6.45) is 5.16. The molecule has 3 heteroatoms. The normalized spacial score (nSPS) is 14.0. The number of rotatable bonds is 3. The maximum absolute atomic E-state index is 12.9. The van der Waals surface area contributed by atoms with E-state index < -0.39 is 0 Å². The smallest absolute Gasteiger partial charge is 0.246 e. The number of aryl methyl sites for hydroxylation is 2. The number of anilines is 1. The molecule has 3 nitrogen and oxygen atoms in total. The van der Waals surface area contributed by atoms with E-state index in [-0.39, 0.29) is 5.91 Å². The molecule has 1 aliphatic heterocycles. The molecule has 0 fully saturated rings. The van der Waals surface area contributed by atoms with Crippen molar-refractivity contribution in [2.45, 2.75) is 32.7 Å². The third-order valence-electron chi connectivity index (χ3n) is 4.96. The zero-order chi connectivity index (χ0) is 16.5. The van der Waals surface area contributed by atoms with E-state index in [0.29, 0.717) is 6.54 Å². The molecule has 2 aromatic carbocycles. The van der Waals surface area contributed by atoms with E-state index in [1.807, 2.05) is 17.2 Å². The Labute approximate surface area is 142 Å². The van der Waals surface area contributed by atoms with Crippen molar-refractivity contribution in [1.82, 2.24) is 4.57 Å². The average molecular weight is 318 g/mol. The molecular weight excluding hydrogens is 296 g/mol. The van der Waals surface area contributed by atoms with Gasteiger partial charge in [-0.25, -0.2) is 0 Å². The highest BCUT2D eigenvalue weighted by Gasteiger charge is 2.22. The van der Waals surface area contributed by atoms with Crippen LogP contribution in [0.3, 0.4) is 0 Å². The van der Waals surface area contributed by atoms with Gasteiger partial charge >= 0.3 is 0 Å². The van der Waals surface area contributed by atoms with Crippen LogP contribution >= 0.6 is 0 Å². The van der Waals surface area contributed by atoms with Gasteiger partial charge in [-0.05, 0) is 60.0 Å². The molecule has 0 N–H and O–H groups in total. The van der Waals surface area contributed by atoms with Crippen LogP contribution in [-0.2, 0) is 24.2 Å². The van der Waals surface area contributed by atoms with Gasteiger partial charge < -0.3 is 9.47 Å². The summed E-state index contributed by atoms with van der Waals surface area (Å²) in [5, 5.41) is 1.21. The molecule has 3 aromatic rings. The molecule has 0 bridgehead atoms. The first-order valence-corrected chi connectivity index (χ1v) is 8.72. The number of aromatic nitrogens is 1. The van der Waals surface area contributed by atoms with Crippen molar-refractivity contribution in [2.75, 3.05) is 11.4 Å². The molecule has 2 heterocycles. The topological polar surface area (TPSA) is 25.2 Å². The quantitative estimate of drug-likeness (QED) is 0.711. The highest BCUT2D eigenvalue weighted by atomic mass is 16.2. The SMILES string of the molecule is CCc1ccc2c(ccn2CC(=O)N2CCCc3ccccc32)c1. The lowest BCUT2D eigenvalue weighted by molar-refractivity contribution is -0.119. The minimum absolute atomic E-state index is 0.166. The van der Waals surface area contributed by atoms with Gasteiger partial charge in [-0.15, -0.1) is 0 Å². The number of carbonyl (C=O) groups excluding carboxylic acids is 1. The highest BCUT2D eigenvalue weighted by Crippen LogP contribution is 2.27. The maximum atomic E-state index is 12.9. The summed E-state index contributed by atoms with van der Waals surface area (Å²) in [5.41, 5.74) is 4.82. The molecule has 0 unspecified atom stereocenters. The number of amides is 1. The Kier molecular flexibility index (Phi) is 3.85. The Morgan fingerprint density at radius 1 is 1.12 bits per heavy atom. The molecule has 24 heavy (non-hydrogen) atoms. The first kappa shape index (κ1) is 15.0. The second-order valence-corrected chi connectivity index (χ2v) is 6.47. The van der Waals surface area contributed by atoms with Crippen LogP contribution in [0.2, 0.25) is 0 Å². The maximum Gasteiger partial charge on any atom is 0.246 e. The Morgan fingerprint density at radius 3 is 2.88 bits per heavy atom. The van der Waals surface area contributed by atoms with E-state index in [1.54, 1.807) is 0 Å². The van der Waals surface area contributed by atoms with E-state index in [4.69, 9.17) is 0 Å². The fourth-order valence-corrected chi connectivity index (χ4v) is 3.63. The minimum Gasteiger partial charge on any atom is -0.338 e. The van der Waals surface area contributed by atoms with Crippen molar-refractivity contribution in [3.05, 3.63) is 65.9 Å². The molecule has 0 saturated heterocycles. The largest absolute Gasteiger partial charge is 0.338 e. The fourth-order valence-electron chi connectivity index (χ4n) is 3.63. The number of hydrogen-bond acceptors (Lipinski definition) is 1. The van der Waals surface area contributed by atoms with Crippen LogP contribution < -0.4 is 4.90 Å². The van der Waals surface area contributed by atoms with Gasteiger partial charge in [0.15, 0.2) is 0 Å². The molecular formula is C21H22N2O. The van der Waals surface area contributed by atoms with Crippen LogP contribution in [0.4, 0.5) is 5.69 Å². The van der Waals surface area contributed by atoms with Crippen LogP contribution in [0.5, 0.6) is 0 Å². The van der Waals surface area contributed by atoms with Crippen molar-refractivity contribution < 1.29 is 4.79 Å². The minimum atomic E-state index is 0.166. The second kappa shape index (κ2) is 6.16. The number of carbonyl (C=O) groups is 1. The number of fused-ring (bicyclic) bond motifs is 2. The van der Waals surface area contributed by atoms with E-state index in [9.17, 15) is 4.79 Å². The summed E-state index contributed by atoms with van der Waals surface area (Å²) in [4.78, 5) is 14.8. The molecule has 0 aliphatic carbocycles. The van der Waals surface area contributed by atoms with Crippen LogP contribution in [0.25, 0.3) is 10.9 Å². The molecule has 0 atom stereocenters. The molecule has 122 valence electrons. The zero-order valence-electron chi connectivity index (χ0n) is 14.0. The summed E-state index contributed by atoms with van der Waals surface area (Å²) in [6, 6.07) is 16.9. The van der Waals surface area contributed by atoms with Crippen molar-refractivity contribution >= 4 is 22.5 Å². The summed E-state index contributed by atoms with van der Waals surface area (Å²) in [5.74, 6) is 0.166. The predicted octanol–water partition coefficient (Wildman–Crippen LogP) is 4.18. The predicted molar refractivity (Wildman–Crippen MR) is 98.4 cm³/mol. The van der Waals surface area contributed by atoms with Crippen LogP contribution in [0, 0.1) is 0 Å². The van der Waals surface area contributed by atoms with Gasteiger partial charge in [-0.3, -0.25) is 4.79 Å². The van der Waals surface area contributed by atoms with Gasteiger partial charge in [-0.1, -0.05) is 31.2 Å². The van der Waals surface area contributed by atoms with E-state index in [1.165, 1.54) is 16.5 Å². The van der Waals surface area contributed by atoms with E-state index in [2.05, 4.69) is 54.0 Å². The average Bonchev–Trinajstić information content (AvgIpc) is 3.03. The summed E-state index contributed by atoms with van der Waals surface area (Å²) in [7, 11) is 0. The van der Waals surface area contributed by atoms with Gasteiger partial charge in [0, 0.05) is 23.9 Å². The summed E-state index contributed by atoms with van der Waals surface area (Å²) >= 11 is 0. The van der Waals surface area contributed by atoms with Crippen LogP contribution in [-0.4, -0.2) is 17.0 Å². The third kappa shape index (κ3) is 2.60. The Bertz CT molecular complexity index is 894. The van der Waals surface area contributed by atoms with Gasteiger partial charge in [0.2, 0.25) is 5.91 Å². The van der Waals surface area contributed by atoms with E-state index in [0.717, 1.165) is 37.0 Å². The van der Waals surface area contributed by atoms with Gasteiger partial charge in [0.1, 0.15) is 6.54 Å². The summed E-state index contributed by atoms with van der Waals surface area (Å²) < 4.78 is 2.06. The molecule has 0 radical (unpaired) electrons. The third-order valence-corrected chi connectivity index (χ3v) is 4.96. The Balaban J connectivity index is 1.61. The van der Waals surface area contributed by atoms with Crippen LogP contribution in [0.1, 0.15) is 24.5 Å². The lowest BCUT2D eigenvalue weighted by atomic mass is 10.0. The molecule has 0 saturated carbocycles. The second-order valence-electron chi connectivity index (χ2n) is 6.47. The van der Waals surface area contributed by atoms with Crippen molar-refractivity contribution in [2.24, 2.45) is 0 Å². The number of para-hydroxylation sites is 1. The molecule has 1 amide bonds. The molecule has 1 aliphatic rings. The Hall–Kier alpha value is -2.55. The number of hydrogen-bond donors (Lipinski definition) is 0. The Morgan fingerprint density at radius 2 is 2.00 bits per heavy atom. The highest BCUT2D eigenvalue weighted by molar-refractivity contribution is 5.95. The van der Waals surface area contributed by atoms with Crippen LogP contribution in [0.15, 0.2) is 54.7 Å². The van der Waals surface area contributed by atoms with Gasteiger partial charge in [0.05, 0.1) is 0 Å². The lowest BCUT2D eigenvalue weighted by Crippen LogP contribution is -2.37. The summed E-state index contributed by atoms with van der Waals surface area (Å²) in [6.45, 7) is 3.37. The fraction of sp³-hybridized carbons (Fsp3) is 0.286. The van der Waals surface area contributed by atoms with Crippen molar-refractivity contribution in [1.29, 1.82) is 0 Å². The monoisotopic (exact) mass is 318 g/mol. The number of nitrogens with zero attached hydrogens (tertiary/aromatic N) is 2. The van der Waals surface area contributed by atoms with E-state index >= 15 is 0 Å². The van der Waals surface area contributed by atoms with Crippen molar-refractivity contribution in [3.63, 3.8) is 0 Å². The zero-order valence-corrected chi connectivity index (χ0v) is 14.0. The standard InChI is InChI=1S/C21H22N2O/c1-2-16-9-10-19-18(14-16)11-13-22(19)15-21(24)23-12-5-7-17-6-3-4-8-20(17)23/h3-4,6,8-11,13-14H,2,5,7,12,15H2,1H3.